The lowest BCUT2D eigenvalue weighted by Gasteiger charge is -2.39. The smallest absolute Gasteiger partial charge is 0.411 e. The van der Waals surface area contributed by atoms with Crippen molar-refractivity contribution in [1.29, 1.82) is 0 Å². The summed E-state index contributed by atoms with van der Waals surface area (Å²) in [5.74, 6) is -0.682. The highest BCUT2D eigenvalue weighted by molar-refractivity contribution is 5.91. The molecule has 1 atom stereocenters. The van der Waals surface area contributed by atoms with Gasteiger partial charge in [0.25, 0.3) is 5.56 Å². The van der Waals surface area contributed by atoms with Crippen molar-refractivity contribution < 1.29 is 34.4 Å². The Labute approximate surface area is 371 Å². The Hall–Kier alpha value is -7.40. The van der Waals surface area contributed by atoms with Gasteiger partial charge in [-0.1, -0.05) is 27.7 Å². The molecule has 3 aliphatic heterocycles. The quantitative estimate of drug-likeness (QED) is 0.132. The number of ether oxygens (including phenoxy) is 2. The minimum absolute atomic E-state index is 0.0385. The summed E-state index contributed by atoms with van der Waals surface area (Å²) in [4.78, 5) is 63.9. The molecule has 0 spiro atoms. The zero-order chi connectivity index (χ0) is 45.6. The van der Waals surface area contributed by atoms with E-state index in [0.717, 1.165) is 33.1 Å². The number of aromatic hydroxyl groups is 3. The van der Waals surface area contributed by atoms with E-state index >= 15 is 0 Å². The van der Waals surface area contributed by atoms with Crippen LogP contribution in [0.4, 0.5) is 4.79 Å². The number of benzene rings is 3. The van der Waals surface area contributed by atoms with Crippen LogP contribution in [-0.4, -0.2) is 92.2 Å². The summed E-state index contributed by atoms with van der Waals surface area (Å²) in [5, 5.41) is 39.9. The molecule has 334 valence electrons. The molecule has 1 fully saturated rings. The van der Waals surface area contributed by atoms with Crippen LogP contribution in [0.25, 0.3) is 50.3 Å². The molecule has 17 nitrogen and oxygen atoms in total. The fraction of sp³-hybridized carbons (Fsp3) is 0.333. The average Bonchev–Trinajstić information content (AvgIpc) is 3.95. The number of hydrogen-bond donors (Lipinski definition) is 4. The van der Waals surface area contributed by atoms with Crippen LogP contribution in [0.15, 0.2) is 70.3 Å². The standard InChI is InChI=1S/C48H48N8O9/c1-6-30-32-18-29(57)9-10-37(32)49-42-34(30)23-55-39(42)20-36-35(44(55)60)24-64-45(61)48(36,7-2)65-47(63)54-14-12-53(13-15-54)22-28-17-26-16-27(8-11-38(26)52(28)5)56-43(50-51-46(56)62)33-19-31(25(3)4)40(58)21-41(33)59/h8-11,16-21,25,57-59H,6-7,12-15,22-24H2,1-5H3,(H,51,62). The largest absolute Gasteiger partial charge is 0.508 e. The molecule has 3 aromatic carbocycles. The van der Waals surface area contributed by atoms with Gasteiger partial charge in [0.05, 0.1) is 40.3 Å². The maximum atomic E-state index is 14.2. The van der Waals surface area contributed by atoms with E-state index in [-0.39, 0.29) is 59.7 Å². The van der Waals surface area contributed by atoms with Gasteiger partial charge in [-0.05, 0) is 84.5 Å². The summed E-state index contributed by atoms with van der Waals surface area (Å²) in [6.07, 6.45) is 0.0128. The lowest BCUT2D eigenvalue weighted by atomic mass is 9.85. The van der Waals surface area contributed by atoms with E-state index in [1.807, 2.05) is 46.0 Å². The Balaban J connectivity index is 0.872. The fourth-order valence-corrected chi connectivity index (χ4v) is 9.88. The minimum Gasteiger partial charge on any atom is -0.508 e. The summed E-state index contributed by atoms with van der Waals surface area (Å²) in [5.41, 5.74) is 4.98. The average molecular weight is 881 g/mol. The van der Waals surface area contributed by atoms with Gasteiger partial charge in [-0.2, -0.15) is 5.10 Å². The van der Waals surface area contributed by atoms with E-state index in [0.29, 0.717) is 78.4 Å². The Kier molecular flexibility index (Phi) is 9.85. The third-order valence-corrected chi connectivity index (χ3v) is 13.5. The zero-order valence-electron chi connectivity index (χ0n) is 36.6. The Bertz CT molecular complexity index is 3260. The summed E-state index contributed by atoms with van der Waals surface area (Å²) in [6, 6.07) is 17.4. The highest BCUT2D eigenvalue weighted by Crippen LogP contribution is 2.43. The second-order valence-electron chi connectivity index (χ2n) is 17.4. The van der Waals surface area contributed by atoms with Crippen LogP contribution in [0, 0.1) is 0 Å². The Morgan fingerprint density at radius 3 is 2.46 bits per heavy atom. The maximum absolute atomic E-state index is 14.2. The number of hydrogen-bond acceptors (Lipinski definition) is 12. The van der Waals surface area contributed by atoms with E-state index in [4.69, 9.17) is 14.5 Å². The molecule has 1 saturated heterocycles. The van der Waals surface area contributed by atoms with Gasteiger partial charge in [-0.15, -0.1) is 0 Å². The van der Waals surface area contributed by atoms with Crippen molar-refractivity contribution >= 4 is 33.9 Å². The molecule has 1 amide bonds. The lowest BCUT2D eigenvalue weighted by molar-refractivity contribution is -0.173. The Morgan fingerprint density at radius 1 is 0.938 bits per heavy atom. The second kappa shape index (κ2) is 15.4. The van der Waals surface area contributed by atoms with Crippen molar-refractivity contribution in [1.82, 2.24) is 38.7 Å². The summed E-state index contributed by atoms with van der Waals surface area (Å²) in [6.45, 7) is 9.89. The highest BCUT2D eigenvalue weighted by atomic mass is 16.6. The van der Waals surface area contributed by atoms with Crippen molar-refractivity contribution in [3.8, 4) is 45.7 Å². The normalized spacial score (nSPS) is 17.1. The van der Waals surface area contributed by atoms with E-state index in [1.54, 1.807) is 46.7 Å². The summed E-state index contributed by atoms with van der Waals surface area (Å²) >= 11 is 0. The van der Waals surface area contributed by atoms with Crippen molar-refractivity contribution in [2.45, 2.75) is 71.8 Å². The number of phenols is 3. The number of aromatic nitrogens is 6. The first-order chi connectivity index (χ1) is 31.2. The number of nitrogens with one attached hydrogen (secondary N) is 1. The molecule has 0 radical (unpaired) electrons. The molecule has 7 aromatic rings. The molecule has 1 unspecified atom stereocenters. The SMILES string of the molecule is CCc1c2c(nc3ccc(O)cc13)-c1cc3c(c(=O)n1C2)COC(=O)C3(CC)OC(=O)N1CCN(Cc2cc3cc(-n4c(-c5cc(C(C)C)c(O)cc5O)n[nH]c4=O)ccc3n2C)CC1. The predicted octanol–water partition coefficient (Wildman–Crippen LogP) is 5.88. The van der Waals surface area contributed by atoms with Crippen LogP contribution in [0.2, 0.25) is 0 Å². The fourth-order valence-electron chi connectivity index (χ4n) is 9.88. The lowest BCUT2D eigenvalue weighted by Crippen LogP contribution is -2.53. The number of fused-ring (bicyclic) bond motifs is 6. The molecule has 17 heteroatoms. The number of carbonyl (C=O) groups excluding carboxylic acids is 2. The molecule has 3 aliphatic rings. The molecule has 0 aliphatic carbocycles. The number of phenolic OH excluding ortho intramolecular Hbond substituents is 3. The minimum atomic E-state index is -1.85. The van der Waals surface area contributed by atoms with E-state index < -0.39 is 23.4 Å². The number of amides is 1. The van der Waals surface area contributed by atoms with Gasteiger partial charge in [0, 0.05) is 78.9 Å². The first-order valence-corrected chi connectivity index (χ1v) is 21.8. The number of carbonyl (C=O) groups is 2. The molecule has 4 aromatic heterocycles. The van der Waals surface area contributed by atoms with Gasteiger partial charge in [-0.3, -0.25) is 9.69 Å². The molecule has 0 saturated carbocycles. The molecular formula is C48H48N8O9. The molecule has 0 bridgehead atoms. The van der Waals surface area contributed by atoms with Crippen LogP contribution in [0.1, 0.15) is 73.5 Å². The van der Waals surface area contributed by atoms with Crippen molar-refractivity contribution in [3.63, 3.8) is 0 Å². The highest BCUT2D eigenvalue weighted by Gasteiger charge is 2.51. The van der Waals surface area contributed by atoms with E-state index in [9.17, 15) is 34.5 Å². The maximum Gasteiger partial charge on any atom is 0.411 e. The van der Waals surface area contributed by atoms with E-state index in [1.165, 1.54) is 10.6 Å². The van der Waals surface area contributed by atoms with Crippen LogP contribution >= 0.6 is 0 Å². The Morgan fingerprint density at radius 2 is 1.72 bits per heavy atom. The van der Waals surface area contributed by atoms with Crippen LogP contribution in [0.3, 0.4) is 0 Å². The predicted molar refractivity (Wildman–Crippen MR) is 240 cm³/mol. The van der Waals surface area contributed by atoms with Crippen molar-refractivity contribution in [3.05, 3.63) is 115 Å². The van der Waals surface area contributed by atoms with Crippen molar-refractivity contribution in [2.24, 2.45) is 7.05 Å². The van der Waals surface area contributed by atoms with Crippen molar-refractivity contribution in [2.75, 3.05) is 26.2 Å². The first-order valence-electron chi connectivity index (χ1n) is 21.8. The van der Waals surface area contributed by atoms with Crippen LogP contribution < -0.4 is 11.2 Å². The number of aromatic amines is 1. The molecule has 65 heavy (non-hydrogen) atoms. The number of pyridine rings is 2. The number of piperazine rings is 1. The third kappa shape index (κ3) is 6.54. The van der Waals surface area contributed by atoms with Crippen LogP contribution in [0.5, 0.6) is 17.2 Å². The third-order valence-electron chi connectivity index (χ3n) is 13.5. The van der Waals surface area contributed by atoms with Gasteiger partial charge in [0.2, 0.25) is 5.60 Å². The molecule has 10 rings (SSSR count). The number of nitrogens with zero attached hydrogens (tertiary/aromatic N) is 7. The molecule has 4 N–H and O–H groups in total. The van der Waals surface area contributed by atoms with Gasteiger partial charge in [0.15, 0.2) is 5.82 Å². The number of rotatable bonds is 8. The monoisotopic (exact) mass is 880 g/mol. The number of esters is 1. The van der Waals surface area contributed by atoms with Crippen LogP contribution in [-0.2, 0) is 53.0 Å². The number of aryl methyl sites for hydroxylation is 2. The number of H-pyrrole nitrogens is 1. The second-order valence-corrected chi connectivity index (χ2v) is 17.4. The van der Waals surface area contributed by atoms with Gasteiger partial charge in [0.1, 0.15) is 23.9 Å². The summed E-state index contributed by atoms with van der Waals surface area (Å²) in [7, 11) is 1.97. The molecular weight excluding hydrogens is 833 g/mol. The van der Waals surface area contributed by atoms with Gasteiger partial charge < -0.3 is 38.8 Å². The van der Waals surface area contributed by atoms with Gasteiger partial charge >= 0.3 is 17.8 Å². The zero-order valence-corrected chi connectivity index (χ0v) is 36.6. The summed E-state index contributed by atoms with van der Waals surface area (Å²) < 4.78 is 16.9. The molecule has 7 heterocycles. The van der Waals surface area contributed by atoms with Gasteiger partial charge in [-0.25, -0.2) is 29.0 Å². The number of cyclic esters (lactones) is 1. The van der Waals surface area contributed by atoms with E-state index in [2.05, 4.69) is 25.7 Å². The topological polar surface area (TPSA) is 210 Å². The first kappa shape index (κ1) is 41.6.